The van der Waals surface area contributed by atoms with Crippen LogP contribution in [0.25, 0.3) is 0 Å². The number of carbonyl (C=O) groups excluding carboxylic acids is 1. The van der Waals surface area contributed by atoms with Crippen LogP contribution in [0.15, 0.2) is 0 Å². The van der Waals surface area contributed by atoms with E-state index in [9.17, 15) is 4.79 Å². The highest BCUT2D eigenvalue weighted by atomic mass is 16.6. The number of nitrogens with two attached hydrogens (primary N) is 1. The van der Waals surface area contributed by atoms with Crippen LogP contribution in [0.1, 0.15) is 47.0 Å². The predicted molar refractivity (Wildman–Crippen MR) is 94.6 cm³/mol. The molecule has 1 fully saturated rings. The van der Waals surface area contributed by atoms with Crippen LogP contribution in [0.4, 0.5) is 4.79 Å². The summed E-state index contributed by atoms with van der Waals surface area (Å²) in [5.41, 5.74) is 5.57. The minimum atomic E-state index is -0.458. The van der Waals surface area contributed by atoms with Gasteiger partial charge in [0, 0.05) is 38.3 Å². The van der Waals surface area contributed by atoms with Gasteiger partial charge in [-0.2, -0.15) is 0 Å². The molecule has 2 atom stereocenters. The van der Waals surface area contributed by atoms with Gasteiger partial charge in [-0.15, -0.1) is 0 Å². The first-order valence-electron chi connectivity index (χ1n) is 8.88. The topological polar surface area (TPSA) is 70.8 Å². The molecule has 1 aliphatic rings. The maximum Gasteiger partial charge on any atom is 0.407 e. The molecule has 1 aliphatic heterocycles. The van der Waals surface area contributed by atoms with Crippen LogP contribution in [0.3, 0.4) is 0 Å². The maximum absolute atomic E-state index is 11.7. The van der Waals surface area contributed by atoms with Gasteiger partial charge < -0.3 is 20.7 Å². The molecule has 23 heavy (non-hydrogen) atoms. The summed E-state index contributed by atoms with van der Waals surface area (Å²) in [6.07, 6.45) is 2.80. The van der Waals surface area contributed by atoms with Crippen LogP contribution < -0.4 is 11.1 Å². The normalized spacial score (nSPS) is 22.4. The van der Waals surface area contributed by atoms with E-state index in [2.05, 4.69) is 29.1 Å². The van der Waals surface area contributed by atoms with E-state index in [-0.39, 0.29) is 6.09 Å². The Bertz CT molecular complexity index is 357. The minimum absolute atomic E-state index is 0.307. The second-order valence-corrected chi connectivity index (χ2v) is 7.52. The molecule has 6 nitrogen and oxygen atoms in total. The van der Waals surface area contributed by atoms with Crippen molar-refractivity contribution in [1.29, 1.82) is 0 Å². The van der Waals surface area contributed by atoms with Crippen LogP contribution in [0.2, 0.25) is 0 Å². The Morgan fingerprint density at radius 2 is 2.09 bits per heavy atom. The van der Waals surface area contributed by atoms with E-state index in [4.69, 9.17) is 10.5 Å². The number of alkyl carbamates (subject to hydrolysis) is 1. The Labute approximate surface area is 141 Å². The Morgan fingerprint density at radius 3 is 2.65 bits per heavy atom. The van der Waals surface area contributed by atoms with Crippen molar-refractivity contribution >= 4 is 6.09 Å². The molecule has 0 radical (unpaired) electrons. The lowest BCUT2D eigenvalue weighted by Gasteiger charge is -2.36. The summed E-state index contributed by atoms with van der Waals surface area (Å²) in [6, 6.07) is 0.846. The maximum atomic E-state index is 11.7. The van der Waals surface area contributed by atoms with Crippen molar-refractivity contribution in [1.82, 2.24) is 15.1 Å². The predicted octanol–water partition coefficient (Wildman–Crippen LogP) is 1.64. The van der Waals surface area contributed by atoms with E-state index in [1.165, 1.54) is 6.42 Å². The van der Waals surface area contributed by atoms with Crippen molar-refractivity contribution in [2.75, 3.05) is 39.8 Å². The van der Waals surface area contributed by atoms with Gasteiger partial charge in [0.05, 0.1) is 0 Å². The van der Waals surface area contributed by atoms with E-state index in [1.807, 2.05) is 20.8 Å². The molecular formula is C17H36N4O2. The third-order valence-electron chi connectivity index (χ3n) is 4.31. The van der Waals surface area contributed by atoms with Gasteiger partial charge in [-0.25, -0.2) is 4.79 Å². The number of ether oxygens (including phenoxy) is 1. The van der Waals surface area contributed by atoms with Crippen LogP contribution in [-0.4, -0.2) is 73.3 Å². The molecule has 1 heterocycles. The van der Waals surface area contributed by atoms with Crippen molar-refractivity contribution in [3.63, 3.8) is 0 Å². The highest BCUT2D eigenvalue weighted by Crippen LogP contribution is 2.17. The van der Waals surface area contributed by atoms with Gasteiger partial charge in [0.2, 0.25) is 0 Å². The zero-order valence-electron chi connectivity index (χ0n) is 15.6. The summed E-state index contributed by atoms with van der Waals surface area (Å²) >= 11 is 0. The number of hydrogen-bond acceptors (Lipinski definition) is 5. The van der Waals surface area contributed by atoms with Crippen molar-refractivity contribution in [2.24, 2.45) is 5.73 Å². The number of nitrogens with one attached hydrogen (secondary N) is 1. The first-order chi connectivity index (χ1) is 10.8. The summed E-state index contributed by atoms with van der Waals surface area (Å²) in [5, 5.41) is 2.85. The van der Waals surface area contributed by atoms with Gasteiger partial charge in [-0.3, -0.25) is 4.90 Å². The Morgan fingerprint density at radius 1 is 1.39 bits per heavy atom. The van der Waals surface area contributed by atoms with Crippen molar-refractivity contribution < 1.29 is 9.53 Å². The zero-order valence-corrected chi connectivity index (χ0v) is 15.6. The number of likely N-dealkylation sites (N-methyl/N-ethyl adjacent to an activating group) is 1. The van der Waals surface area contributed by atoms with E-state index in [1.54, 1.807) is 0 Å². The van der Waals surface area contributed by atoms with Gasteiger partial charge in [0.1, 0.15) is 5.60 Å². The lowest BCUT2D eigenvalue weighted by molar-refractivity contribution is 0.0518. The van der Waals surface area contributed by atoms with Gasteiger partial charge in [0.25, 0.3) is 0 Å². The van der Waals surface area contributed by atoms with Gasteiger partial charge >= 0.3 is 6.09 Å². The molecule has 0 aromatic rings. The molecule has 6 heteroatoms. The number of carbonyl (C=O) groups is 1. The molecule has 1 saturated heterocycles. The molecule has 0 bridgehead atoms. The zero-order chi connectivity index (χ0) is 17.5. The molecule has 1 amide bonds. The monoisotopic (exact) mass is 328 g/mol. The van der Waals surface area contributed by atoms with Crippen LogP contribution in [-0.2, 0) is 4.74 Å². The highest BCUT2D eigenvalue weighted by Gasteiger charge is 2.27. The standard InChI is InChI=1S/C17H36N4O2/c1-6-14-13-20(5)10-7-11-21(14)15(12-18)8-9-19-16(22)23-17(2,3)4/h14-15H,6-13,18H2,1-5H3,(H,19,22). The first kappa shape index (κ1) is 20.2. The molecule has 136 valence electrons. The van der Waals surface area contributed by atoms with Crippen LogP contribution in [0, 0.1) is 0 Å². The average Bonchev–Trinajstić information content (AvgIpc) is 2.63. The van der Waals surface area contributed by atoms with E-state index >= 15 is 0 Å². The van der Waals surface area contributed by atoms with Gasteiger partial charge in [0.15, 0.2) is 0 Å². The summed E-state index contributed by atoms with van der Waals surface area (Å²) < 4.78 is 5.27. The number of hydrogen-bond donors (Lipinski definition) is 2. The summed E-state index contributed by atoms with van der Waals surface area (Å²) in [6.45, 7) is 12.4. The van der Waals surface area contributed by atoms with E-state index in [0.29, 0.717) is 25.2 Å². The average molecular weight is 329 g/mol. The molecular weight excluding hydrogens is 292 g/mol. The molecule has 0 aliphatic carbocycles. The molecule has 0 spiro atoms. The summed E-state index contributed by atoms with van der Waals surface area (Å²) in [7, 11) is 2.19. The second kappa shape index (κ2) is 9.45. The summed E-state index contributed by atoms with van der Waals surface area (Å²) in [5.74, 6) is 0. The Kier molecular flexibility index (Phi) is 8.29. The molecule has 1 rings (SSSR count). The van der Waals surface area contributed by atoms with Gasteiger partial charge in [-0.05, 0) is 53.6 Å². The molecule has 0 saturated carbocycles. The quantitative estimate of drug-likeness (QED) is 0.776. The second-order valence-electron chi connectivity index (χ2n) is 7.52. The van der Waals surface area contributed by atoms with Crippen LogP contribution >= 0.6 is 0 Å². The van der Waals surface area contributed by atoms with Crippen molar-refractivity contribution in [3.8, 4) is 0 Å². The minimum Gasteiger partial charge on any atom is -0.444 e. The smallest absolute Gasteiger partial charge is 0.407 e. The number of rotatable bonds is 6. The Balaban J connectivity index is 2.50. The molecule has 0 aromatic heterocycles. The lowest BCUT2D eigenvalue weighted by Crippen LogP contribution is -2.50. The highest BCUT2D eigenvalue weighted by molar-refractivity contribution is 5.67. The van der Waals surface area contributed by atoms with Gasteiger partial charge in [-0.1, -0.05) is 6.92 Å². The van der Waals surface area contributed by atoms with Crippen molar-refractivity contribution in [3.05, 3.63) is 0 Å². The van der Waals surface area contributed by atoms with E-state index in [0.717, 1.165) is 32.5 Å². The van der Waals surface area contributed by atoms with E-state index < -0.39 is 5.60 Å². The third kappa shape index (κ3) is 7.50. The van der Waals surface area contributed by atoms with Crippen LogP contribution in [0.5, 0.6) is 0 Å². The molecule has 2 unspecified atom stereocenters. The first-order valence-corrected chi connectivity index (χ1v) is 8.88. The largest absolute Gasteiger partial charge is 0.444 e. The fraction of sp³-hybridized carbons (Fsp3) is 0.941. The summed E-state index contributed by atoms with van der Waals surface area (Å²) in [4.78, 5) is 16.7. The lowest BCUT2D eigenvalue weighted by atomic mass is 10.1. The fourth-order valence-corrected chi connectivity index (χ4v) is 3.18. The van der Waals surface area contributed by atoms with Crippen molar-refractivity contribution in [2.45, 2.75) is 64.6 Å². The fourth-order valence-electron chi connectivity index (χ4n) is 3.18. The molecule has 0 aromatic carbocycles. The Hall–Kier alpha value is -0.850. The third-order valence-corrected chi connectivity index (χ3v) is 4.31. The number of amides is 1. The number of nitrogens with zero attached hydrogens (tertiary/aromatic N) is 2. The SMILES string of the molecule is CCC1CN(C)CCCN1C(CN)CCNC(=O)OC(C)(C)C. The molecule has 3 N–H and O–H groups in total.